The molecule has 1 aromatic rings. The van der Waals surface area contributed by atoms with Crippen LogP contribution in [0.1, 0.15) is 16.8 Å². The third-order valence-corrected chi connectivity index (χ3v) is 2.77. The van der Waals surface area contributed by atoms with Gasteiger partial charge >= 0.3 is 5.97 Å². The van der Waals surface area contributed by atoms with Crippen molar-refractivity contribution in [3.05, 3.63) is 45.5 Å². The van der Waals surface area contributed by atoms with Crippen molar-refractivity contribution in [2.45, 2.75) is 12.5 Å². The third-order valence-electron chi connectivity index (χ3n) is 2.39. The van der Waals surface area contributed by atoms with E-state index in [2.05, 4.69) is 6.58 Å². The molecule has 0 saturated carbocycles. The zero-order valence-corrected chi connectivity index (χ0v) is 11.2. The van der Waals surface area contributed by atoms with Crippen LogP contribution in [-0.2, 0) is 0 Å². The summed E-state index contributed by atoms with van der Waals surface area (Å²) in [4.78, 5) is 21.0. The fraction of sp³-hybridized carbons (Fsp3) is 0.250. The van der Waals surface area contributed by atoms with Crippen molar-refractivity contribution in [3.8, 4) is 5.75 Å². The van der Waals surface area contributed by atoms with Gasteiger partial charge in [0.25, 0.3) is 5.69 Å². The van der Waals surface area contributed by atoms with Crippen LogP contribution >= 0.6 is 11.6 Å². The molecule has 0 bridgehead atoms. The number of nitrogens with two attached hydrogens (primary N) is 1. The van der Waals surface area contributed by atoms with Crippen molar-refractivity contribution in [1.82, 2.24) is 0 Å². The number of ether oxygens (including phenoxy) is 1. The van der Waals surface area contributed by atoms with Crippen molar-refractivity contribution in [1.29, 1.82) is 0 Å². The van der Waals surface area contributed by atoms with Gasteiger partial charge in [-0.3, -0.25) is 10.1 Å². The van der Waals surface area contributed by atoms with E-state index < -0.39 is 16.6 Å². The molecule has 1 aromatic carbocycles. The van der Waals surface area contributed by atoms with Crippen LogP contribution in [0.25, 0.3) is 0 Å². The van der Waals surface area contributed by atoms with Crippen molar-refractivity contribution >= 4 is 23.3 Å². The molecule has 0 aliphatic rings. The van der Waals surface area contributed by atoms with E-state index in [1.54, 1.807) is 6.08 Å². The van der Waals surface area contributed by atoms with E-state index in [1.807, 2.05) is 0 Å². The van der Waals surface area contributed by atoms with Gasteiger partial charge < -0.3 is 15.6 Å². The smallest absolute Gasteiger partial charge is 0.336 e. The van der Waals surface area contributed by atoms with Gasteiger partial charge in [0.15, 0.2) is 5.02 Å². The summed E-state index contributed by atoms with van der Waals surface area (Å²) in [5, 5.41) is 19.5. The molecule has 0 spiro atoms. The number of hydrogen-bond donors (Lipinski definition) is 2. The topological polar surface area (TPSA) is 116 Å². The number of nitro groups is 1. The van der Waals surface area contributed by atoms with Crippen LogP contribution in [0.15, 0.2) is 24.8 Å². The highest BCUT2D eigenvalue weighted by Crippen LogP contribution is 2.35. The molecule has 0 amide bonds. The van der Waals surface area contributed by atoms with Gasteiger partial charge in [-0.15, -0.1) is 6.58 Å². The molecule has 7 nitrogen and oxygen atoms in total. The fourth-order valence-corrected chi connectivity index (χ4v) is 1.66. The molecular formula is C12H13ClN2O5. The lowest BCUT2D eigenvalue weighted by Crippen LogP contribution is -2.27. The Balaban J connectivity index is 3.07. The van der Waals surface area contributed by atoms with Gasteiger partial charge in [-0.25, -0.2) is 4.79 Å². The predicted octanol–water partition coefficient (Wildman–Crippen LogP) is 2.23. The number of aromatic carboxylic acids is 1. The molecule has 0 radical (unpaired) electrons. The van der Waals surface area contributed by atoms with E-state index in [1.165, 1.54) is 0 Å². The number of hydrogen-bond acceptors (Lipinski definition) is 5. The maximum absolute atomic E-state index is 10.9. The average molecular weight is 301 g/mol. The molecule has 0 aromatic heterocycles. The Bertz CT molecular complexity index is 547. The van der Waals surface area contributed by atoms with E-state index in [0.717, 1.165) is 12.1 Å². The first-order valence-electron chi connectivity index (χ1n) is 5.57. The molecule has 0 fully saturated rings. The highest BCUT2D eigenvalue weighted by molar-refractivity contribution is 6.34. The van der Waals surface area contributed by atoms with Crippen LogP contribution in [-0.4, -0.2) is 28.6 Å². The van der Waals surface area contributed by atoms with Crippen LogP contribution in [0.3, 0.4) is 0 Å². The lowest BCUT2D eigenvalue weighted by molar-refractivity contribution is -0.384. The Hall–Kier alpha value is -2.12. The first-order chi connectivity index (χ1) is 9.36. The van der Waals surface area contributed by atoms with Crippen LogP contribution in [0.5, 0.6) is 5.75 Å². The van der Waals surface area contributed by atoms with Crippen LogP contribution in [0.2, 0.25) is 5.02 Å². The minimum atomic E-state index is -1.31. The average Bonchev–Trinajstić information content (AvgIpc) is 2.37. The molecule has 1 atom stereocenters. The number of benzene rings is 1. The van der Waals surface area contributed by atoms with E-state index in [4.69, 9.17) is 27.2 Å². The Kier molecular flexibility index (Phi) is 5.48. The number of halogens is 1. The maximum atomic E-state index is 10.9. The quantitative estimate of drug-likeness (QED) is 0.453. The number of nitro benzene ring substituents is 1. The second-order valence-corrected chi connectivity index (χ2v) is 4.34. The Morgan fingerprint density at radius 3 is 2.80 bits per heavy atom. The SMILES string of the molecule is C=CC[C@@H](N)COc1cc(C(=O)O)cc([N+](=O)[O-])c1Cl. The summed E-state index contributed by atoms with van der Waals surface area (Å²) >= 11 is 5.82. The summed E-state index contributed by atoms with van der Waals surface area (Å²) in [5.74, 6) is -1.40. The molecule has 0 unspecified atom stereocenters. The molecule has 0 aliphatic carbocycles. The first kappa shape index (κ1) is 15.9. The number of carbonyl (C=O) groups is 1. The fourth-order valence-electron chi connectivity index (χ4n) is 1.42. The van der Waals surface area contributed by atoms with E-state index in [0.29, 0.717) is 6.42 Å². The molecule has 3 N–H and O–H groups in total. The Morgan fingerprint density at radius 1 is 1.65 bits per heavy atom. The number of carboxylic acids is 1. The zero-order valence-electron chi connectivity index (χ0n) is 10.4. The molecule has 0 saturated heterocycles. The van der Waals surface area contributed by atoms with E-state index >= 15 is 0 Å². The summed E-state index contributed by atoms with van der Waals surface area (Å²) in [7, 11) is 0. The number of nitrogens with zero attached hydrogens (tertiary/aromatic N) is 1. The largest absolute Gasteiger partial charge is 0.490 e. The van der Waals surface area contributed by atoms with E-state index in [-0.39, 0.29) is 29.0 Å². The van der Waals surface area contributed by atoms with Gasteiger partial charge in [0, 0.05) is 12.1 Å². The second-order valence-electron chi connectivity index (χ2n) is 3.97. The molecule has 8 heteroatoms. The minimum Gasteiger partial charge on any atom is -0.490 e. The van der Waals surface area contributed by atoms with Crippen molar-refractivity contribution in [2.24, 2.45) is 5.73 Å². The molecular weight excluding hydrogens is 288 g/mol. The number of rotatable bonds is 7. The maximum Gasteiger partial charge on any atom is 0.336 e. The minimum absolute atomic E-state index is 0.0337. The molecule has 0 heterocycles. The monoisotopic (exact) mass is 300 g/mol. The van der Waals surface area contributed by atoms with Gasteiger partial charge in [0.05, 0.1) is 10.5 Å². The van der Waals surface area contributed by atoms with E-state index in [9.17, 15) is 14.9 Å². The first-order valence-corrected chi connectivity index (χ1v) is 5.95. The van der Waals surface area contributed by atoms with Gasteiger partial charge in [0.1, 0.15) is 12.4 Å². The summed E-state index contributed by atoms with van der Waals surface area (Å²) in [6, 6.07) is 1.63. The summed E-state index contributed by atoms with van der Waals surface area (Å²) in [6.07, 6.45) is 2.09. The van der Waals surface area contributed by atoms with Gasteiger partial charge in [-0.1, -0.05) is 17.7 Å². The molecule has 20 heavy (non-hydrogen) atoms. The van der Waals surface area contributed by atoms with Crippen molar-refractivity contribution in [2.75, 3.05) is 6.61 Å². The molecule has 1 rings (SSSR count). The summed E-state index contributed by atoms with van der Waals surface area (Å²) < 4.78 is 5.26. The Morgan fingerprint density at radius 2 is 2.30 bits per heavy atom. The zero-order chi connectivity index (χ0) is 15.3. The van der Waals surface area contributed by atoms with Gasteiger partial charge in [-0.2, -0.15) is 0 Å². The molecule has 108 valence electrons. The summed E-state index contributed by atoms with van der Waals surface area (Å²) in [5.41, 5.74) is 4.88. The van der Waals surface area contributed by atoms with Crippen LogP contribution < -0.4 is 10.5 Å². The third kappa shape index (κ3) is 3.94. The standard InChI is InChI=1S/C12H13ClN2O5/c1-2-3-8(14)6-20-10-5-7(12(16)17)4-9(11(10)13)15(18)19/h2,4-5,8H,1,3,6,14H2,(H,16,17)/t8-/m1/s1. The summed E-state index contributed by atoms with van der Waals surface area (Å²) in [6.45, 7) is 3.55. The number of carboxylic acid groups (broad SMARTS) is 1. The van der Waals surface area contributed by atoms with Crippen molar-refractivity contribution < 1.29 is 19.6 Å². The lowest BCUT2D eigenvalue weighted by atomic mass is 10.2. The lowest BCUT2D eigenvalue weighted by Gasteiger charge is -2.13. The predicted molar refractivity (Wildman–Crippen MR) is 73.4 cm³/mol. The van der Waals surface area contributed by atoms with Gasteiger partial charge in [0.2, 0.25) is 0 Å². The highest BCUT2D eigenvalue weighted by Gasteiger charge is 2.22. The van der Waals surface area contributed by atoms with Crippen LogP contribution in [0.4, 0.5) is 5.69 Å². The molecule has 0 aliphatic heterocycles. The van der Waals surface area contributed by atoms with Gasteiger partial charge in [-0.05, 0) is 12.5 Å². The second kappa shape index (κ2) is 6.88. The highest BCUT2D eigenvalue weighted by atomic mass is 35.5. The normalized spacial score (nSPS) is 11.7. The Labute approximate surface area is 119 Å². The van der Waals surface area contributed by atoms with Crippen molar-refractivity contribution in [3.63, 3.8) is 0 Å². The van der Waals surface area contributed by atoms with Crippen LogP contribution in [0, 0.1) is 10.1 Å².